The van der Waals surface area contributed by atoms with Gasteiger partial charge in [0.15, 0.2) is 0 Å². The molecule has 0 aliphatic carbocycles. The summed E-state index contributed by atoms with van der Waals surface area (Å²) in [5.74, 6) is -0.0286. The molecule has 13 heavy (non-hydrogen) atoms. The average Bonchev–Trinajstić information content (AvgIpc) is 2.65. The molecule has 0 aromatic carbocycles. The van der Waals surface area contributed by atoms with Crippen LogP contribution in [-0.4, -0.2) is 30.5 Å². The van der Waals surface area contributed by atoms with Gasteiger partial charge in [-0.2, -0.15) is 0 Å². The van der Waals surface area contributed by atoms with Crippen LogP contribution in [-0.2, 0) is 0 Å². The molecule has 1 amide bonds. The zero-order valence-corrected chi connectivity index (χ0v) is 7.76. The van der Waals surface area contributed by atoms with Crippen molar-refractivity contribution < 1.29 is 4.79 Å². The van der Waals surface area contributed by atoms with Crippen LogP contribution < -0.4 is 10.6 Å². The normalized spacial score (nSPS) is 9.92. The van der Waals surface area contributed by atoms with E-state index in [0.29, 0.717) is 12.1 Å². The van der Waals surface area contributed by atoms with Crippen LogP contribution in [0.25, 0.3) is 0 Å². The van der Waals surface area contributed by atoms with Crippen molar-refractivity contribution in [1.82, 2.24) is 15.6 Å². The SMILES string of the molecule is CCNCCNC(=O)c1cc[nH]c1. The number of aromatic nitrogens is 1. The van der Waals surface area contributed by atoms with Crippen molar-refractivity contribution in [3.05, 3.63) is 24.0 Å². The van der Waals surface area contributed by atoms with Crippen LogP contribution in [0.15, 0.2) is 18.5 Å². The first-order chi connectivity index (χ1) is 6.34. The number of carbonyl (C=O) groups excluding carboxylic acids is 1. The lowest BCUT2D eigenvalue weighted by Crippen LogP contribution is -2.31. The third-order valence-electron chi connectivity index (χ3n) is 1.70. The Bertz CT molecular complexity index is 243. The molecule has 0 atom stereocenters. The van der Waals surface area contributed by atoms with E-state index in [1.165, 1.54) is 0 Å². The van der Waals surface area contributed by atoms with Crippen LogP contribution in [0.3, 0.4) is 0 Å². The number of hydrogen-bond acceptors (Lipinski definition) is 2. The molecule has 1 heterocycles. The monoisotopic (exact) mass is 181 g/mol. The maximum Gasteiger partial charge on any atom is 0.252 e. The van der Waals surface area contributed by atoms with Crippen molar-refractivity contribution in [2.45, 2.75) is 6.92 Å². The minimum atomic E-state index is -0.0286. The highest BCUT2D eigenvalue weighted by Gasteiger charge is 2.02. The summed E-state index contributed by atoms with van der Waals surface area (Å²) in [6.07, 6.45) is 3.42. The van der Waals surface area contributed by atoms with E-state index in [4.69, 9.17) is 0 Å². The molecule has 0 saturated heterocycles. The number of carbonyl (C=O) groups is 1. The highest BCUT2D eigenvalue weighted by atomic mass is 16.1. The Morgan fingerprint density at radius 1 is 1.54 bits per heavy atom. The summed E-state index contributed by atoms with van der Waals surface area (Å²) in [4.78, 5) is 14.1. The van der Waals surface area contributed by atoms with E-state index in [0.717, 1.165) is 13.1 Å². The van der Waals surface area contributed by atoms with Crippen molar-refractivity contribution in [3.63, 3.8) is 0 Å². The first-order valence-corrected chi connectivity index (χ1v) is 4.46. The molecule has 72 valence electrons. The van der Waals surface area contributed by atoms with Gasteiger partial charge in [-0.05, 0) is 12.6 Å². The molecule has 0 aliphatic rings. The minimum absolute atomic E-state index is 0.0286. The fraction of sp³-hybridized carbons (Fsp3) is 0.444. The Hall–Kier alpha value is -1.29. The predicted molar refractivity (Wildman–Crippen MR) is 51.7 cm³/mol. The smallest absolute Gasteiger partial charge is 0.252 e. The van der Waals surface area contributed by atoms with Gasteiger partial charge < -0.3 is 15.6 Å². The fourth-order valence-electron chi connectivity index (χ4n) is 1.01. The van der Waals surface area contributed by atoms with E-state index in [-0.39, 0.29) is 5.91 Å². The Labute approximate surface area is 77.7 Å². The molecule has 0 aliphatic heterocycles. The van der Waals surface area contributed by atoms with E-state index in [1.54, 1.807) is 18.5 Å². The summed E-state index contributed by atoms with van der Waals surface area (Å²) in [6.45, 7) is 4.44. The van der Waals surface area contributed by atoms with Gasteiger partial charge in [0, 0.05) is 25.5 Å². The lowest BCUT2D eigenvalue weighted by atomic mass is 10.3. The standard InChI is InChI=1S/C9H15N3O/c1-2-10-5-6-12-9(13)8-3-4-11-7-8/h3-4,7,10-11H,2,5-6H2,1H3,(H,12,13). The van der Waals surface area contributed by atoms with Gasteiger partial charge in [0.25, 0.3) is 5.91 Å². The summed E-state index contributed by atoms with van der Waals surface area (Å²) in [6, 6.07) is 1.75. The molecule has 1 aromatic heterocycles. The van der Waals surface area contributed by atoms with Crippen molar-refractivity contribution in [2.24, 2.45) is 0 Å². The van der Waals surface area contributed by atoms with Crippen molar-refractivity contribution >= 4 is 5.91 Å². The first-order valence-electron chi connectivity index (χ1n) is 4.46. The van der Waals surface area contributed by atoms with Crippen molar-refractivity contribution in [2.75, 3.05) is 19.6 Å². The Morgan fingerprint density at radius 2 is 2.38 bits per heavy atom. The zero-order valence-electron chi connectivity index (χ0n) is 7.76. The van der Waals surface area contributed by atoms with Gasteiger partial charge in [0.05, 0.1) is 5.56 Å². The fourth-order valence-corrected chi connectivity index (χ4v) is 1.01. The lowest BCUT2D eigenvalue weighted by molar-refractivity contribution is 0.0954. The van der Waals surface area contributed by atoms with Crippen LogP contribution in [0.5, 0.6) is 0 Å². The molecule has 3 N–H and O–H groups in total. The van der Waals surface area contributed by atoms with Crippen LogP contribution >= 0.6 is 0 Å². The Balaban J connectivity index is 2.19. The molecule has 0 radical (unpaired) electrons. The molecule has 0 unspecified atom stereocenters. The van der Waals surface area contributed by atoms with Crippen molar-refractivity contribution in [3.8, 4) is 0 Å². The molecule has 1 rings (SSSR count). The van der Waals surface area contributed by atoms with Gasteiger partial charge in [-0.15, -0.1) is 0 Å². The van der Waals surface area contributed by atoms with Crippen molar-refractivity contribution in [1.29, 1.82) is 0 Å². The number of rotatable bonds is 5. The number of nitrogens with one attached hydrogen (secondary N) is 3. The highest BCUT2D eigenvalue weighted by Crippen LogP contribution is 1.94. The summed E-state index contributed by atoms with van der Waals surface area (Å²) in [7, 11) is 0. The zero-order chi connectivity index (χ0) is 9.52. The molecule has 0 bridgehead atoms. The third kappa shape index (κ3) is 3.29. The van der Waals surface area contributed by atoms with Crippen LogP contribution in [0, 0.1) is 0 Å². The molecule has 4 nitrogen and oxygen atoms in total. The third-order valence-corrected chi connectivity index (χ3v) is 1.70. The van der Waals surface area contributed by atoms with E-state index in [9.17, 15) is 4.79 Å². The van der Waals surface area contributed by atoms with Gasteiger partial charge >= 0.3 is 0 Å². The van der Waals surface area contributed by atoms with Crippen LogP contribution in [0.1, 0.15) is 17.3 Å². The van der Waals surface area contributed by atoms with Gasteiger partial charge in [0.1, 0.15) is 0 Å². The van der Waals surface area contributed by atoms with Crippen LogP contribution in [0.4, 0.5) is 0 Å². The van der Waals surface area contributed by atoms with E-state index in [2.05, 4.69) is 15.6 Å². The largest absolute Gasteiger partial charge is 0.367 e. The van der Waals surface area contributed by atoms with Gasteiger partial charge in [0.2, 0.25) is 0 Å². The number of amides is 1. The second-order valence-corrected chi connectivity index (χ2v) is 2.71. The minimum Gasteiger partial charge on any atom is -0.367 e. The summed E-state index contributed by atoms with van der Waals surface area (Å²) in [5.41, 5.74) is 0.677. The number of aromatic amines is 1. The molecular weight excluding hydrogens is 166 g/mol. The molecular formula is C9H15N3O. The summed E-state index contributed by atoms with van der Waals surface area (Å²) in [5, 5.41) is 5.92. The quantitative estimate of drug-likeness (QED) is 0.574. The Kier molecular flexibility index (Phi) is 4.05. The van der Waals surface area contributed by atoms with Gasteiger partial charge in [-0.3, -0.25) is 4.79 Å². The average molecular weight is 181 g/mol. The second-order valence-electron chi connectivity index (χ2n) is 2.71. The number of hydrogen-bond donors (Lipinski definition) is 3. The topological polar surface area (TPSA) is 56.9 Å². The maximum absolute atomic E-state index is 11.3. The Morgan fingerprint density at radius 3 is 3.00 bits per heavy atom. The number of likely N-dealkylation sites (N-methyl/N-ethyl adjacent to an activating group) is 1. The van der Waals surface area contributed by atoms with Gasteiger partial charge in [-0.1, -0.05) is 6.92 Å². The van der Waals surface area contributed by atoms with E-state index < -0.39 is 0 Å². The molecule has 1 aromatic rings. The van der Waals surface area contributed by atoms with E-state index in [1.807, 2.05) is 6.92 Å². The molecule has 0 fully saturated rings. The molecule has 0 saturated carbocycles. The summed E-state index contributed by atoms with van der Waals surface area (Å²) >= 11 is 0. The van der Waals surface area contributed by atoms with E-state index >= 15 is 0 Å². The van der Waals surface area contributed by atoms with Crippen LogP contribution in [0.2, 0.25) is 0 Å². The highest BCUT2D eigenvalue weighted by molar-refractivity contribution is 5.93. The molecule has 0 spiro atoms. The first kappa shape index (κ1) is 9.80. The molecule has 4 heteroatoms. The maximum atomic E-state index is 11.3. The summed E-state index contributed by atoms with van der Waals surface area (Å²) < 4.78 is 0. The second kappa shape index (κ2) is 5.37. The lowest BCUT2D eigenvalue weighted by Gasteiger charge is -2.03. The predicted octanol–water partition coefficient (Wildman–Crippen LogP) is 0.354. The number of H-pyrrole nitrogens is 1. The van der Waals surface area contributed by atoms with Gasteiger partial charge in [-0.25, -0.2) is 0 Å².